The molecule has 2 aromatic heterocycles. The van der Waals surface area contributed by atoms with Crippen molar-refractivity contribution in [3.63, 3.8) is 0 Å². The van der Waals surface area contributed by atoms with Crippen molar-refractivity contribution in [2.24, 2.45) is 0 Å². The van der Waals surface area contributed by atoms with Crippen molar-refractivity contribution < 1.29 is 27.1 Å². The lowest BCUT2D eigenvalue weighted by Gasteiger charge is -2.22. The SMILES string of the molecule is COc1ccc(-c2cccnc2[C@H](CC2=CC(F)=CC2)NC(=O)Cn2nc(C(F)(F)F)c3c2CCCC3)cc1. The highest BCUT2D eigenvalue weighted by Crippen LogP contribution is 2.36. The lowest BCUT2D eigenvalue weighted by molar-refractivity contribution is -0.142. The first kappa shape index (κ1) is 26.6. The summed E-state index contributed by atoms with van der Waals surface area (Å²) in [4.78, 5) is 17.9. The Labute approximate surface area is 223 Å². The number of hydrogen-bond donors (Lipinski definition) is 1. The number of ether oxygens (including phenoxy) is 1. The van der Waals surface area contributed by atoms with Gasteiger partial charge in [-0.3, -0.25) is 14.5 Å². The van der Waals surface area contributed by atoms with Gasteiger partial charge in [-0.15, -0.1) is 0 Å². The first-order valence-electron chi connectivity index (χ1n) is 12.8. The number of rotatable bonds is 8. The summed E-state index contributed by atoms with van der Waals surface area (Å²) in [6, 6.07) is 10.4. The van der Waals surface area contributed by atoms with E-state index < -0.39 is 23.8 Å². The summed E-state index contributed by atoms with van der Waals surface area (Å²) < 4.78 is 61.2. The molecule has 0 fully saturated rings. The van der Waals surface area contributed by atoms with Gasteiger partial charge in [0.15, 0.2) is 5.69 Å². The predicted octanol–water partition coefficient (Wildman–Crippen LogP) is 6.28. The maximum absolute atomic E-state index is 13.8. The van der Waals surface area contributed by atoms with E-state index in [-0.39, 0.29) is 17.9 Å². The summed E-state index contributed by atoms with van der Waals surface area (Å²) in [6.07, 6.45) is 2.76. The molecular formula is C29H28F4N4O2. The number of alkyl halides is 3. The number of benzene rings is 1. The molecule has 2 aliphatic rings. The molecular weight excluding hydrogens is 512 g/mol. The van der Waals surface area contributed by atoms with E-state index in [2.05, 4.69) is 15.4 Å². The van der Waals surface area contributed by atoms with E-state index in [1.54, 1.807) is 19.4 Å². The Balaban J connectivity index is 1.45. The van der Waals surface area contributed by atoms with Gasteiger partial charge in [0, 0.05) is 23.0 Å². The van der Waals surface area contributed by atoms with Gasteiger partial charge in [0.25, 0.3) is 0 Å². The van der Waals surface area contributed by atoms with Crippen molar-refractivity contribution in [3.05, 3.63) is 88.8 Å². The van der Waals surface area contributed by atoms with Crippen molar-refractivity contribution in [3.8, 4) is 16.9 Å². The number of allylic oxidation sites excluding steroid dienone is 3. The molecule has 1 aromatic carbocycles. The molecule has 0 saturated carbocycles. The van der Waals surface area contributed by atoms with Gasteiger partial charge in [0.2, 0.25) is 5.91 Å². The maximum Gasteiger partial charge on any atom is 0.435 e. The minimum Gasteiger partial charge on any atom is -0.497 e. The van der Waals surface area contributed by atoms with Crippen LogP contribution in [0.25, 0.3) is 11.1 Å². The van der Waals surface area contributed by atoms with Crippen LogP contribution in [0.1, 0.15) is 54.4 Å². The largest absolute Gasteiger partial charge is 0.497 e. The Morgan fingerprint density at radius 2 is 1.92 bits per heavy atom. The Kier molecular flexibility index (Phi) is 7.54. The van der Waals surface area contributed by atoms with Crippen molar-refractivity contribution >= 4 is 5.91 Å². The van der Waals surface area contributed by atoms with Crippen LogP contribution in [0.3, 0.4) is 0 Å². The third-order valence-electron chi connectivity index (χ3n) is 7.09. The summed E-state index contributed by atoms with van der Waals surface area (Å²) in [6.45, 7) is -0.356. The third-order valence-corrected chi connectivity index (χ3v) is 7.09. The molecule has 0 bridgehead atoms. The van der Waals surface area contributed by atoms with Crippen LogP contribution in [0.2, 0.25) is 0 Å². The van der Waals surface area contributed by atoms with Crippen LogP contribution < -0.4 is 10.1 Å². The summed E-state index contributed by atoms with van der Waals surface area (Å²) in [7, 11) is 1.58. The van der Waals surface area contributed by atoms with Crippen LogP contribution in [0.5, 0.6) is 5.75 Å². The number of methoxy groups -OCH3 is 1. The molecule has 0 spiro atoms. The van der Waals surface area contributed by atoms with Gasteiger partial charge >= 0.3 is 6.18 Å². The molecule has 1 N–H and O–H groups in total. The number of halogens is 4. The second-order valence-corrected chi connectivity index (χ2v) is 9.72. The van der Waals surface area contributed by atoms with E-state index >= 15 is 0 Å². The Bertz CT molecular complexity index is 1420. The number of nitrogens with zero attached hydrogens (tertiary/aromatic N) is 3. The van der Waals surface area contributed by atoms with Crippen LogP contribution in [0.15, 0.2) is 66.1 Å². The molecule has 0 unspecified atom stereocenters. The molecule has 2 heterocycles. The standard InChI is InChI=1S/C29H28F4N4O2/c1-39-21-12-9-19(10-13-21)22-6-4-14-34-27(22)24(16-18-8-11-20(30)15-18)35-26(38)17-37-25-7-3-2-5-23(25)28(36-37)29(31,32)33/h4,6,9-15,24H,2-3,5,7-8,16-17H2,1H3,(H,35,38)/t24-/m0/s1. The molecule has 6 nitrogen and oxygen atoms in total. The zero-order chi connectivity index (χ0) is 27.6. The maximum atomic E-state index is 13.8. The average Bonchev–Trinajstić information content (AvgIpc) is 3.51. The van der Waals surface area contributed by atoms with Crippen molar-refractivity contribution in [1.82, 2.24) is 20.1 Å². The number of aromatic nitrogens is 3. The summed E-state index contributed by atoms with van der Waals surface area (Å²) in [5.74, 6) is -0.148. The van der Waals surface area contributed by atoms with E-state index in [4.69, 9.17) is 4.74 Å². The molecule has 2 aliphatic carbocycles. The molecule has 0 saturated heterocycles. The van der Waals surface area contributed by atoms with Gasteiger partial charge in [0.05, 0.1) is 18.8 Å². The zero-order valence-corrected chi connectivity index (χ0v) is 21.4. The number of nitrogens with one attached hydrogen (secondary N) is 1. The average molecular weight is 541 g/mol. The number of amides is 1. The smallest absolute Gasteiger partial charge is 0.435 e. The lowest BCUT2D eigenvalue weighted by Crippen LogP contribution is -2.33. The number of hydrogen-bond acceptors (Lipinski definition) is 4. The van der Waals surface area contributed by atoms with Crippen LogP contribution >= 0.6 is 0 Å². The minimum atomic E-state index is -4.58. The van der Waals surface area contributed by atoms with Crippen molar-refractivity contribution in [2.45, 2.75) is 57.3 Å². The first-order valence-corrected chi connectivity index (χ1v) is 12.8. The molecule has 1 atom stereocenters. The van der Waals surface area contributed by atoms with Crippen LogP contribution in [-0.2, 0) is 30.4 Å². The van der Waals surface area contributed by atoms with Crippen LogP contribution in [0.4, 0.5) is 17.6 Å². The molecule has 3 aromatic rings. The molecule has 0 radical (unpaired) electrons. The summed E-state index contributed by atoms with van der Waals surface area (Å²) in [5, 5.41) is 6.77. The fraction of sp³-hybridized carbons (Fsp3) is 0.345. The highest BCUT2D eigenvalue weighted by atomic mass is 19.4. The highest BCUT2D eigenvalue weighted by Gasteiger charge is 2.39. The van der Waals surface area contributed by atoms with Crippen LogP contribution in [-0.4, -0.2) is 27.8 Å². The van der Waals surface area contributed by atoms with E-state index in [0.29, 0.717) is 49.2 Å². The monoisotopic (exact) mass is 540 g/mol. The Hall–Kier alpha value is -3.95. The van der Waals surface area contributed by atoms with Gasteiger partial charge in [-0.05, 0) is 74.4 Å². The summed E-state index contributed by atoms with van der Waals surface area (Å²) >= 11 is 0. The highest BCUT2D eigenvalue weighted by molar-refractivity contribution is 5.77. The van der Waals surface area contributed by atoms with Gasteiger partial charge in [-0.25, -0.2) is 4.39 Å². The first-order chi connectivity index (χ1) is 18.7. The molecule has 10 heteroatoms. The van der Waals surface area contributed by atoms with E-state index in [1.165, 1.54) is 16.8 Å². The van der Waals surface area contributed by atoms with Gasteiger partial charge in [-0.1, -0.05) is 23.8 Å². The van der Waals surface area contributed by atoms with Crippen LogP contribution in [0, 0.1) is 0 Å². The number of pyridine rings is 1. The zero-order valence-electron chi connectivity index (χ0n) is 21.4. The normalized spacial score (nSPS) is 15.8. The van der Waals surface area contributed by atoms with Crippen molar-refractivity contribution in [1.29, 1.82) is 0 Å². The molecule has 1 amide bonds. The third kappa shape index (κ3) is 5.89. The lowest BCUT2D eigenvalue weighted by atomic mass is 9.95. The quantitative estimate of drug-likeness (QED) is 0.342. The second-order valence-electron chi connectivity index (χ2n) is 9.72. The summed E-state index contributed by atoms with van der Waals surface area (Å²) in [5.41, 5.74) is 2.70. The Morgan fingerprint density at radius 1 is 1.15 bits per heavy atom. The molecule has 39 heavy (non-hydrogen) atoms. The molecule has 204 valence electrons. The topological polar surface area (TPSA) is 69.0 Å². The molecule has 5 rings (SSSR count). The minimum absolute atomic E-state index is 0.183. The van der Waals surface area contributed by atoms with E-state index in [0.717, 1.165) is 23.1 Å². The second kappa shape index (κ2) is 11.0. The fourth-order valence-corrected chi connectivity index (χ4v) is 5.28. The number of fused-ring (bicyclic) bond motifs is 1. The van der Waals surface area contributed by atoms with Gasteiger partial charge in [0.1, 0.15) is 18.1 Å². The van der Waals surface area contributed by atoms with Crippen molar-refractivity contribution in [2.75, 3.05) is 7.11 Å². The molecule has 0 aliphatic heterocycles. The fourth-order valence-electron chi connectivity index (χ4n) is 5.28. The van der Waals surface area contributed by atoms with Gasteiger partial charge in [-0.2, -0.15) is 18.3 Å². The van der Waals surface area contributed by atoms with E-state index in [9.17, 15) is 22.4 Å². The van der Waals surface area contributed by atoms with Gasteiger partial charge < -0.3 is 10.1 Å². The predicted molar refractivity (Wildman–Crippen MR) is 137 cm³/mol. The Morgan fingerprint density at radius 3 is 2.62 bits per heavy atom. The number of carbonyl (C=O) groups is 1. The van der Waals surface area contributed by atoms with E-state index in [1.807, 2.05) is 30.3 Å². The number of carbonyl (C=O) groups excluding carboxylic acids is 1.